The minimum absolute atomic E-state index is 0.0432. The van der Waals surface area contributed by atoms with Crippen LogP contribution in [-0.4, -0.2) is 29.3 Å². The average Bonchev–Trinajstić information content (AvgIpc) is 3.19. The number of hydrogen-bond donors (Lipinski definition) is 1. The molecule has 2 aliphatic rings. The van der Waals surface area contributed by atoms with Crippen molar-refractivity contribution in [2.75, 3.05) is 6.54 Å². The van der Waals surface area contributed by atoms with Crippen LogP contribution in [-0.2, 0) is 28.9 Å². The Hall–Kier alpha value is -2.30. The number of likely N-dealkylation sites (tertiary alicyclic amines) is 1. The number of primary amides is 1. The summed E-state index contributed by atoms with van der Waals surface area (Å²) >= 11 is 0. The highest BCUT2D eigenvalue weighted by atomic mass is 16.3. The van der Waals surface area contributed by atoms with E-state index < -0.39 is 0 Å². The molecule has 0 bridgehead atoms. The van der Waals surface area contributed by atoms with E-state index in [0.29, 0.717) is 13.0 Å². The standard InChI is InChI=1S/C20H24N2O3/c1-12-5-6-15(20(21)24)10-22(12)19(23)9-16-11-25-18-8-14-4-2-3-13(14)7-17(16)18/h7-8,11-12,15H,2-6,9-10H2,1H3,(H2,21,24). The maximum Gasteiger partial charge on any atom is 0.227 e. The molecule has 1 aliphatic heterocycles. The van der Waals surface area contributed by atoms with Crippen molar-refractivity contribution in [1.82, 2.24) is 4.90 Å². The van der Waals surface area contributed by atoms with Crippen molar-refractivity contribution in [2.24, 2.45) is 11.7 Å². The molecule has 1 saturated heterocycles. The van der Waals surface area contributed by atoms with Crippen LogP contribution in [0.4, 0.5) is 0 Å². The maximum absolute atomic E-state index is 12.9. The smallest absolute Gasteiger partial charge is 0.227 e. The van der Waals surface area contributed by atoms with Crippen LogP contribution in [0.3, 0.4) is 0 Å². The molecule has 5 heteroatoms. The number of benzene rings is 1. The summed E-state index contributed by atoms with van der Waals surface area (Å²) in [6.45, 7) is 2.47. The Morgan fingerprint density at radius 1 is 1.24 bits per heavy atom. The molecule has 1 aliphatic carbocycles. The van der Waals surface area contributed by atoms with E-state index in [-0.39, 0.29) is 23.8 Å². The van der Waals surface area contributed by atoms with Gasteiger partial charge in [-0.3, -0.25) is 9.59 Å². The monoisotopic (exact) mass is 340 g/mol. The lowest BCUT2D eigenvalue weighted by molar-refractivity contribution is -0.136. The highest BCUT2D eigenvalue weighted by Gasteiger charge is 2.32. The van der Waals surface area contributed by atoms with Crippen LogP contribution in [0.2, 0.25) is 0 Å². The van der Waals surface area contributed by atoms with Gasteiger partial charge < -0.3 is 15.1 Å². The number of fused-ring (bicyclic) bond motifs is 2. The van der Waals surface area contributed by atoms with Gasteiger partial charge in [-0.2, -0.15) is 0 Å². The second-order valence-electron chi connectivity index (χ2n) is 7.48. The molecule has 1 aromatic heterocycles. The molecule has 2 N–H and O–H groups in total. The van der Waals surface area contributed by atoms with Crippen LogP contribution >= 0.6 is 0 Å². The molecule has 0 radical (unpaired) electrons. The fourth-order valence-corrected chi connectivity index (χ4v) is 4.24. The number of nitrogens with zero attached hydrogens (tertiary/aromatic N) is 1. The SMILES string of the molecule is CC1CCC(C(N)=O)CN1C(=O)Cc1coc2cc3c(cc12)CCC3. The fourth-order valence-electron chi connectivity index (χ4n) is 4.24. The number of amides is 2. The van der Waals surface area contributed by atoms with E-state index in [2.05, 4.69) is 12.1 Å². The van der Waals surface area contributed by atoms with E-state index in [4.69, 9.17) is 10.2 Å². The van der Waals surface area contributed by atoms with Crippen LogP contribution in [0.15, 0.2) is 22.8 Å². The molecule has 2 heterocycles. The first-order valence-corrected chi connectivity index (χ1v) is 9.13. The lowest BCUT2D eigenvalue weighted by Gasteiger charge is -2.37. The summed E-state index contributed by atoms with van der Waals surface area (Å²) in [5.41, 5.74) is 9.99. The number of aryl methyl sites for hydroxylation is 2. The highest BCUT2D eigenvalue weighted by Crippen LogP contribution is 2.31. The van der Waals surface area contributed by atoms with Gasteiger partial charge in [-0.25, -0.2) is 0 Å². The number of hydrogen-bond acceptors (Lipinski definition) is 3. The van der Waals surface area contributed by atoms with Gasteiger partial charge >= 0.3 is 0 Å². The Kier molecular flexibility index (Phi) is 4.02. The lowest BCUT2D eigenvalue weighted by Crippen LogP contribution is -2.49. The minimum atomic E-state index is -0.311. The first-order valence-electron chi connectivity index (χ1n) is 9.13. The minimum Gasteiger partial charge on any atom is -0.464 e. The van der Waals surface area contributed by atoms with E-state index in [9.17, 15) is 9.59 Å². The molecule has 1 aromatic carbocycles. The number of rotatable bonds is 3. The van der Waals surface area contributed by atoms with Crippen molar-refractivity contribution in [1.29, 1.82) is 0 Å². The maximum atomic E-state index is 12.9. The van der Waals surface area contributed by atoms with E-state index in [1.165, 1.54) is 17.5 Å². The van der Waals surface area contributed by atoms with Gasteiger partial charge in [-0.1, -0.05) is 0 Å². The molecule has 0 saturated carbocycles. The molecule has 2 amide bonds. The second-order valence-corrected chi connectivity index (χ2v) is 7.48. The van der Waals surface area contributed by atoms with Crippen LogP contribution in [0, 0.1) is 5.92 Å². The summed E-state index contributed by atoms with van der Waals surface area (Å²) in [4.78, 5) is 26.2. The lowest BCUT2D eigenvalue weighted by atomic mass is 9.92. The zero-order valence-electron chi connectivity index (χ0n) is 14.6. The van der Waals surface area contributed by atoms with Crippen molar-refractivity contribution in [3.8, 4) is 0 Å². The fraction of sp³-hybridized carbons (Fsp3) is 0.500. The summed E-state index contributed by atoms with van der Waals surface area (Å²) in [6.07, 6.45) is 7.00. The molecule has 2 unspecified atom stereocenters. The van der Waals surface area contributed by atoms with Gasteiger partial charge in [-0.05, 0) is 62.3 Å². The van der Waals surface area contributed by atoms with E-state index >= 15 is 0 Å². The zero-order chi connectivity index (χ0) is 17.6. The van der Waals surface area contributed by atoms with Crippen LogP contribution in [0.25, 0.3) is 11.0 Å². The van der Waals surface area contributed by atoms with Crippen molar-refractivity contribution in [3.63, 3.8) is 0 Å². The molecule has 132 valence electrons. The summed E-state index contributed by atoms with van der Waals surface area (Å²) < 4.78 is 5.70. The van der Waals surface area contributed by atoms with E-state index in [1.54, 1.807) is 6.26 Å². The third kappa shape index (κ3) is 2.92. The quantitative estimate of drug-likeness (QED) is 0.933. The predicted octanol–water partition coefficient (Wildman–Crippen LogP) is 2.58. The van der Waals surface area contributed by atoms with Crippen molar-refractivity contribution in [3.05, 3.63) is 35.1 Å². The first kappa shape index (κ1) is 16.2. The van der Waals surface area contributed by atoms with Gasteiger partial charge in [-0.15, -0.1) is 0 Å². The van der Waals surface area contributed by atoms with E-state index in [0.717, 1.165) is 42.2 Å². The molecule has 2 aromatic rings. The van der Waals surface area contributed by atoms with Gasteiger partial charge in [0.25, 0.3) is 0 Å². The summed E-state index contributed by atoms with van der Waals surface area (Å²) in [6, 6.07) is 4.46. The molecule has 5 nitrogen and oxygen atoms in total. The van der Waals surface area contributed by atoms with Crippen molar-refractivity contribution >= 4 is 22.8 Å². The number of carbonyl (C=O) groups is 2. The predicted molar refractivity (Wildman–Crippen MR) is 95.0 cm³/mol. The summed E-state index contributed by atoms with van der Waals surface area (Å²) in [5.74, 6) is -0.500. The Morgan fingerprint density at radius 2 is 2.00 bits per heavy atom. The van der Waals surface area contributed by atoms with Gasteiger partial charge in [0.05, 0.1) is 18.6 Å². The zero-order valence-corrected chi connectivity index (χ0v) is 14.6. The molecular formula is C20H24N2O3. The summed E-state index contributed by atoms with van der Waals surface area (Å²) in [7, 11) is 0. The number of carbonyl (C=O) groups excluding carboxylic acids is 2. The highest BCUT2D eigenvalue weighted by molar-refractivity contribution is 5.89. The number of furan rings is 1. The van der Waals surface area contributed by atoms with Gasteiger partial charge in [0, 0.05) is 23.5 Å². The molecule has 25 heavy (non-hydrogen) atoms. The molecule has 1 fully saturated rings. The topological polar surface area (TPSA) is 76.5 Å². The van der Waals surface area contributed by atoms with Gasteiger partial charge in [0.15, 0.2) is 0 Å². The van der Waals surface area contributed by atoms with Gasteiger partial charge in [0.1, 0.15) is 5.58 Å². The third-order valence-corrected chi connectivity index (χ3v) is 5.81. The Balaban J connectivity index is 1.56. The normalized spacial score (nSPS) is 23.0. The van der Waals surface area contributed by atoms with E-state index in [1.807, 2.05) is 11.8 Å². The first-order chi connectivity index (χ1) is 12.0. The Bertz CT molecular complexity index is 839. The van der Waals surface area contributed by atoms with Crippen molar-refractivity contribution < 1.29 is 14.0 Å². The molecule has 4 rings (SSSR count). The summed E-state index contributed by atoms with van der Waals surface area (Å²) in [5, 5.41) is 1.05. The Labute approximate surface area is 147 Å². The number of nitrogens with two attached hydrogens (primary N) is 1. The van der Waals surface area contributed by atoms with Gasteiger partial charge in [0.2, 0.25) is 11.8 Å². The second kappa shape index (κ2) is 6.21. The molecule has 0 spiro atoms. The number of piperidine rings is 1. The molecular weight excluding hydrogens is 316 g/mol. The van der Waals surface area contributed by atoms with Crippen LogP contribution in [0.1, 0.15) is 42.9 Å². The van der Waals surface area contributed by atoms with Crippen LogP contribution in [0.5, 0.6) is 0 Å². The Morgan fingerprint density at radius 3 is 2.76 bits per heavy atom. The largest absolute Gasteiger partial charge is 0.464 e. The van der Waals surface area contributed by atoms with Crippen LogP contribution < -0.4 is 5.73 Å². The molecule has 2 atom stereocenters. The van der Waals surface area contributed by atoms with Crippen molar-refractivity contribution in [2.45, 2.75) is 51.5 Å². The third-order valence-electron chi connectivity index (χ3n) is 5.81. The average molecular weight is 340 g/mol.